The second kappa shape index (κ2) is 2.19. The highest BCUT2D eigenvalue weighted by molar-refractivity contribution is 5.86. The van der Waals surface area contributed by atoms with Crippen molar-refractivity contribution < 1.29 is 9.53 Å². The Labute approximate surface area is 82.9 Å². The summed E-state index contributed by atoms with van der Waals surface area (Å²) in [6.45, 7) is 2.57. The van der Waals surface area contributed by atoms with Gasteiger partial charge in [0.1, 0.15) is 6.61 Å². The molecule has 2 heteroatoms. The fraction of sp³-hybridized carbons (Fsp3) is 0.417. The highest BCUT2D eigenvalue weighted by Crippen LogP contribution is 2.68. The smallest absolute Gasteiger partial charge is 0.312 e. The highest BCUT2D eigenvalue weighted by atomic mass is 16.5. The number of hydrogen-bond donors (Lipinski definition) is 0. The minimum Gasteiger partial charge on any atom is -0.464 e. The van der Waals surface area contributed by atoms with E-state index in [1.54, 1.807) is 0 Å². The van der Waals surface area contributed by atoms with Crippen LogP contribution in [0.15, 0.2) is 30.3 Å². The zero-order valence-corrected chi connectivity index (χ0v) is 8.12. The summed E-state index contributed by atoms with van der Waals surface area (Å²) in [5.41, 5.74) is 0.994. The Balaban J connectivity index is 2.07. The fourth-order valence-electron chi connectivity index (χ4n) is 2.65. The topological polar surface area (TPSA) is 26.3 Å². The molecule has 1 heterocycles. The van der Waals surface area contributed by atoms with Crippen molar-refractivity contribution in [1.29, 1.82) is 0 Å². The van der Waals surface area contributed by atoms with Crippen LogP contribution in [0.1, 0.15) is 18.9 Å². The van der Waals surface area contributed by atoms with Crippen LogP contribution in [-0.2, 0) is 14.9 Å². The molecule has 2 atom stereocenters. The van der Waals surface area contributed by atoms with E-state index in [9.17, 15) is 4.79 Å². The highest BCUT2D eigenvalue weighted by Gasteiger charge is 2.75. The van der Waals surface area contributed by atoms with Crippen molar-refractivity contribution in [2.75, 3.05) is 6.61 Å². The number of hydrogen-bond acceptors (Lipinski definition) is 2. The number of esters is 1. The number of benzene rings is 1. The Morgan fingerprint density at radius 3 is 2.50 bits per heavy atom. The van der Waals surface area contributed by atoms with Crippen LogP contribution in [0.4, 0.5) is 0 Å². The number of carbonyl (C=O) groups is 1. The molecule has 0 bridgehead atoms. The zero-order valence-electron chi connectivity index (χ0n) is 8.12. The average Bonchev–Trinajstić information content (AvgIpc) is 2.77. The van der Waals surface area contributed by atoms with Crippen molar-refractivity contribution in [2.45, 2.75) is 18.8 Å². The minimum absolute atomic E-state index is 0.00859. The lowest BCUT2D eigenvalue weighted by molar-refractivity contribution is -0.144. The van der Waals surface area contributed by atoms with E-state index in [1.165, 1.54) is 5.56 Å². The van der Waals surface area contributed by atoms with Crippen LogP contribution in [0.5, 0.6) is 0 Å². The van der Waals surface area contributed by atoms with Crippen molar-refractivity contribution in [2.24, 2.45) is 5.41 Å². The summed E-state index contributed by atoms with van der Waals surface area (Å²) in [5, 5.41) is 0. The van der Waals surface area contributed by atoms with Gasteiger partial charge in [0.2, 0.25) is 0 Å². The molecule has 0 aromatic heterocycles. The Morgan fingerprint density at radius 2 is 2.00 bits per heavy atom. The van der Waals surface area contributed by atoms with Crippen molar-refractivity contribution in [3.8, 4) is 0 Å². The van der Waals surface area contributed by atoms with E-state index in [-0.39, 0.29) is 16.8 Å². The van der Waals surface area contributed by atoms with Gasteiger partial charge in [0.05, 0.1) is 5.41 Å². The number of rotatable bonds is 1. The summed E-state index contributed by atoms with van der Waals surface area (Å²) in [7, 11) is 0. The molecule has 3 rings (SSSR count). The predicted molar refractivity (Wildman–Crippen MR) is 51.8 cm³/mol. The van der Waals surface area contributed by atoms with Gasteiger partial charge in [0, 0.05) is 5.41 Å². The van der Waals surface area contributed by atoms with Gasteiger partial charge in [-0.1, -0.05) is 30.3 Å². The summed E-state index contributed by atoms with van der Waals surface area (Å²) >= 11 is 0. The molecule has 2 aliphatic rings. The van der Waals surface area contributed by atoms with Gasteiger partial charge in [-0.05, 0) is 18.9 Å². The maximum absolute atomic E-state index is 11.5. The molecule has 2 nitrogen and oxygen atoms in total. The van der Waals surface area contributed by atoms with Crippen molar-refractivity contribution in [3.63, 3.8) is 0 Å². The lowest BCUT2D eigenvalue weighted by Crippen LogP contribution is -2.15. The van der Waals surface area contributed by atoms with Crippen LogP contribution in [0.3, 0.4) is 0 Å². The van der Waals surface area contributed by atoms with Gasteiger partial charge >= 0.3 is 5.97 Å². The lowest BCUT2D eigenvalue weighted by atomic mass is 9.90. The van der Waals surface area contributed by atoms with E-state index in [2.05, 4.69) is 12.1 Å². The van der Waals surface area contributed by atoms with Crippen molar-refractivity contribution >= 4 is 5.97 Å². The molecule has 0 N–H and O–H groups in total. The molecular formula is C12H12O2. The molecule has 72 valence electrons. The SMILES string of the molecule is C[C@@]12C[C@]1(c1ccccc1)COC2=O. The minimum atomic E-state index is -0.242. The molecule has 0 radical (unpaired) electrons. The van der Waals surface area contributed by atoms with E-state index < -0.39 is 0 Å². The molecule has 14 heavy (non-hydrogen) atoms. The summed E-state index contributed by atoms with van der Waals surface area (Å²) in [4.78, 5) is 11.5. The number of carbonyl (C=O) groups excluding carboxylic acids is 1. The molecule has 0 amide bonds. The molecule has 0 unspecified atom stereocenters. The normalized spacial score (nSPS) is 39.1. The largest absolute Gasteiger partial charge is 0.464 e. The quantitative estimate of drug-likeness (QED) is 0.629. The average molecular weight is 188 g/mol. The van der Waals surface area contributed by atoms with E-state index >= 15 is 0 Å². The predicted octanol–water partition coefficient (Wildman–Crippen LogP) is 1.89. The van der Waals surface area contributed by atoms with Crippen LogP contribution in [-0.4, -0.2) is 12.6 Å². The molecule has 1 saturated carbocycles. The number of ether oxygens (including phenoxy) is 1. The molecule has 2 fully saturated rings. The van der Waals surface area contributed by atoms with Crippen LogP contribution >= 0.6 is 0 Å². The Bertz CT molecular complexity index is 394. The summed E-state index contributed by atoms with van der Waals surface area (Å²) in [6, 6.07) is 10.2. The van der Waals surface area contributed by atoms with E-state index in [4.69, 9.17) is 4.74 Å². The first kappa shape index (κ1) is 8.04. The summed E-state index contributed by atoms with van der Waals surface area (Å²) < 4.78 is 5.14. The Morgan fingerprint density at radius 1 is 1.29 bits per heavy atom. The van der Waals surface area contributed by atoms with Gasteiger partial charge in [-0.2, -0.15) is 0 Å². The van der Waals surface area contributed by atoms with E-state index in [0.29, 0.717) is 6.61 Å². The first-order valence-corrected chi connectivity index (χ1v) is 4.92. The van der Waals surface area contributed by atoms with Crippen LogP contribution in [0.2, 0.25) is 0 Å². The molecule has 1 aliphatic heterocycles. The Hall–Kier alpha value is -1.31. The van der Waals surface area contributed by atoms with Crippen molar-refractivity contribution in [1.82, 2.24) is 0 Å². The first-order chi connectivity index (χ1) is 6.69. The van der Waals surface area contributed by atoms with E-state index in [1.807, 2.05) is 25.1 Å². The second-order valence-corrected chi connectivity index (χ2v) is 4.53. The summed E-state index contributed by atoms with van der Waals surface area (Å²) in [6.07, 6.45) is 0.947. The Kier molecular flexibility index (Phi) is 1.26. The lowest BCUT2D eigenvalue weighted by Gasteiger charge is -2.10. The van der Waals surface area contributed by atoms with Gasteiger partial charge in [-0.15, -0.1) is 0 Å². The van der Waals surface area contributed by atoms with Crippen LogP contribution in [0.25, 0.3) is 0 Å². The van der Waals surface area contributed by atoms with Gasteiger partial charge < -0.3 is 4.74 Å². The standard InChI is InChI=1S/C12H12O2/c1-11-7-12(11,8-14-10(11)13)9-5-3-2-4-6-9/h2-6H,7-8H2,1H3/t11-,12+/m0/s1. The number of fused-ring (bicyclic) bond motifs is 1. The summed E-state index contributed by atoms with van der Waals surface area (Å²) in [5.74, 6) is -0.0265. The second-order valence-electron chi connectivity index (χ2n) is 4.53. The number of cyclic esters (lactones) is 1. The molecular weight excluding hydrogens is 176 g/mol. The van der Waals surface area contributed by atoms with Gasteiger partial charge in [-0.3, -0.25) is 4.79 Å². The van der Waals surface area contributed by atoms with Gasteiger partial charge in [0.25, 0.3) is 0 Å². The van der Waals surface area contributed by atoms with Gasteiger partial charge in [0.15, 0.2) is 0 Å². The fourth-order valence-corrected chi connectivity index (χ4v) is 2.65. The molecule has 1 aromatic rings. The van der Waals surface area contributed by atoms with Crippen molar-refractivity contribution in [3.05, 3.63) is 35.9 Å². The van der Waals surface area contributed by atoms with Crippen LogP contribution < -0.4 is 0 Å². The van der Waals surface area contributed by atoms with Gasteiger partial charge in [-0.25, -0.2) is 0 Å². The zero-order chi connectivity index (χ0) is 9.81. The maximum Gasteiger partial charge on any atom is 0.312 e. The third-order valence-electron chi connectivity index (χ3n) is 3.81. The molecule has 1 aromatic carbocycles. The first-order valence-electron chi connectivity index (χ1n) is 4.92. The molecule has 1 aliphatic carbocycles. The third-order valence-corrected chi connectivity index (χ3v) is 3.81. The monoisotopic (exact) mass is 188 g/mol. The maximum atomic E-state index is 11.5. The van der Waals surface area contributed by atoms with E-state index in [0.717, 1.165) is 6.42 Å². The molecule has 1 saturated heterocycles. The molecule has 0 spiro atoms. The van der Waals surface area contributed by atoms with Crippen LogP contribution in [0, 0.1) is 5.41 Å². The third kappa shape index (κ3) is 0.707.